The third kappa shape index (κ3) is 2.28. The fourth-order valence-electron chi connectivity index (χ4n) is 1.69. The highest BCUT2D eigenvalue weighted by molar-refractivity contribution is 5.95. The van der Waals surface area contributed by atoms with Crippen LogP contribution in [0.5, 0.6) is 5.75 Å². The highest BCUT2D eigenvalue weighted by atomic mass is 16.5. The second-order valence-corrected chi connectivity index (χ2v) is 3.56. The monoisotopic (exact) mass is 227 g/mol. The minimum absolute atomic E-state index is 0.135. The van der Waals surface area contributed by atoms with Crippen LogP contribution in [0.3, 0.4) is 0 Å². The van der Waals surface area contributed by atoms with E-state index in [-0.39, 0.29) is 5.56 Å². The van der Waals surface area contributed by atoms with Gasteiger partial charge in [0.25, 0.3) is 0 Å². The number of aromatic carboxylic acids is 1. The lowest BCUT2D eigenvalue weighted by Crippen LogP contribution is -2.23. The summed E-state index contributed by atoms with van der Waals surface area (Å²) in [7, 11) is 1.50. The Morgan fingerprint density at radius 2 is 1.82 bits per heavy atom. The Bertz CT molecular complexity index is 532. The number of methoxy groups -OCH3 is 1. The third-order valence-corrected chi connectivity index (χ3v) is 2.53. The van der Waals surface area contributed by atoms with Crippen molar-refractivity contribution in [1.82, 2.24) is 0 Å². The molecule has 0 aliphatic carbocycles. The molecule has 3 heteroatoms. The molecule has 0 spiro atoms. The van der Waals surface area contributed by atoms with Crippen molar-refractivity contribution < 1.29 is 14.6 Å². The molecular weight excluding hydrogens is 216 g/mol. The van der Waals surface area contributed by atoms with Gasteiger partial charge in [0.2, 0.25) is 0 Å². The smallest absolute Gasteiger partial charge is 0.119 e. The summed E-state index contributed by atoms with van der Waals surface area (Å²) in [5.41, 5.74) is 1.61. The van der Waals surface area contributed by atoms with E-state index in [1.165, 1.54) is 13.2 Å². The van der Waals surface area contributed by atoms with Crippen molar-refractivity contribution in [1.29, 1.82) is 0 Å². The van der Waals surface area contributed by atoms with E-state index < -0.39 is 5.97 Å². The highest BCUT2D eigenvalue weighted by Crippen LogP contribution is 2.26. The molecule has 0 aliphatic rings. The van der Waals surface area contributed by atoms with E-state index >= 15 is 0 Å². The molecule has 0 N–H and O–H groups in total. The van der Waals surface area contributed by atoms with Crippen LogP contribution in [-0.2, 0) is 0 Å². The minimum atomic E-state index is -1.21. The van der Waals surface area contributed by atoms with Crippen molar-refractivity contribution in [2.75, 3.05) is 7.11 Å². The molecule has 2 aromatic carbocycles. The Morgan fingerprint density at radius 3 is 2.41 bits per heavy atom. The largest absolute Gasteiger partial charge is 0.545 e. The van der Waals surface area contributed by atoms with Crippen molar-refractivity contribution in [3.8, 4) is 16.9 Å². The number of carboxylic acid groups (broad SMARTS) is 1. The van der Waals surface area contributed by atoms with Crippen LogP contribution in [0.25, 0.3) is 11.1 Å². The fraction of sp³-hybridized carbons (Fsp3) is 0.0714. The summed E-state index contributed by atoms with van der Waals surface area (Å²) in [6.45, 7) is 0. The number of ether oxygens (including phenoxy) is 1. The van der Waals surface area contributed by atoms with Gasteiger partial charge in [-0.15, -0.1) is 0 Å². The second-order valence-electron chi connectivity index (χ2n) is 3.56. The molecule has 0 saturated carbocycles. The summed E-state index contributed by atoms with van der Waals surface area (Å²) in [5.74, 6) is -0.702. The summed E-state index contributed by atoms with van der Waals surface area (Å²) in [5, 5.41) is 11.1. The van der Waals surface area contributed by atoms with Gasteiger partial charge >= 0.3 is 0 Å². The molecule has 3 nitrogen and oxygen atoms in total. The summed E-state index contributed by atoms with van der Waals surface area (Å²) in [4.78, 5) is 11.1. The number of hydrogen-bond donors (Lipinski definition) is 0. The summed E-state index contributed by atoms with van der Waals surface area (Å²) >= 11 is 0. The van der Waals surface area contributed by atoms with Gasteiger partial charge in [0, 0.05) is 5.56 Å². The van der Waals surface area contributed by atoms with Crippen molar-refractivity contribution in [2.45, 2.75) is 0 Å². The van der Waals surface area contributed by atoms with Gasteiger partial charge in [-0.1, -0.05) is 36.4 Å². The van der Waals surface area contributed by atoms with Crippen molar-refractivity contribution >= 4 is 5.97 Å². The molecule has 86 valence electrons. The van der Waals surface area contributed by atoms with Crippen LogP contribution >= 0.6 is 0 Å². The van der Waals surface area contributed by atoms with Crippen molar-refractivity contribution in [3.05, 3.63) is 54.1 Å². The molecule has 2 aromatic rings. The predicted molar refractivity (Wildman–Crippen MR) is 62.8 cm³/mol. The lowest BCUT2D eigenvalue weighted by Gasteiger charge is -2.12. The maximum absolute atomic E-state index is 11.1. The number of rotatable bonds is 3. The van der Waals surface area contributed by atoms with E-state index in [0.717, 1.165) is 5.56 Å². The predicted octanol–water partition coefficient (Wildman–Crippen LogP) is 1.73. The van der Waals surface area contributed by atoms with E-state index in [1.807, 2.05) is 30.3 Å². The van der Waals surface area contributed by atoms with Gasteiger partial charge in [-0.25, -0.2) is 0 Å². The van der Waals surface area contributed by atoms with Gasteiger partial charge in [-0.05, 0) is 23.3 Å². The average molecular weight is 227 g/mol. The van der Waals surface area contributed by atoms with Gasteiger partial charge in [0.15, 0.2) is 0 Å². The zero-order valence-electron chi connectivity index (χ0n) is 9.34. The topological polar surface area (TPSA) is 49.4 Å². The molecule has 0 radical (unpaired) electrons. The zero-order chi connectivity index (χ0) is 12.3. The van der Waals surface area contributed by atoms with E-state index in [1.54, 1.807) is 12.1 Å². The second kappa shape index (κ2) is 4.70. The molecule has 0 aliphatic heterocycles. The summed E-state index contributed by atoms with van der Waals surface area (Å²) in [6.07, 6.45) is 0. The van der Waals surface area contributed by atoms with Gasteiger partial charge in [0.05, 0.1) is 13.1 Å². The average Bonchev–Trinajstić information content (AvgIpc) is 2.39. The first-order valence-corrected chi connectivity index (χ1v) is 5.17. The third-order valence-electron chi connectivity index (χ3n) is 2.53. The zero-order valence-corrected chi connectivity index (χ0v) is 9.34. The number of hydrogen-bond acceptors (Lipinski definition) is 3. The van der Waals surface area contributed by atoms with Gasteiger partial charge < -0.3 is 14.6 Å². The SMILES string of the molecule is COc1ccc(-c2ccccc2)c(C(=O)[O-])c1. The first kappa shape index (κ1) is 11.2. The quantitative estimate of drug-likeness (QED) is 0.802. The molecule has 0 bridgehead atoms. The first-order chi connectivity index (χ1) is 8.22. The number of benzene rings is 2. The maximum atomic E-state index is 11.1. The summed E-state index contributed by atoms with van der Waals surface area (Å²) in [6, 6.07) is 14.2. The molecule has 0 fully saturated rings. The highest BCUT2D eigenvalue weighted by Gasteiger charge is 2.07. The first-order valence-electron chi connectivity index (χ1n) is 5.17. The van der Waals surface area contributed by atoms with Gasteiger partial charge in [-0.3, -0.25) is 0 Å². The Kier molecular flexibility index (Phi) is 3.10. The lowest BCUT2D eigenvalue weighted by molar-refractivity contribution is -0.254. The fourth-order valence-corrected chi connectivity index (χ4v) is 1.69. The number of carboxylic acids is 1. The molecule has 17 heavy (non-hydrogen) atoms. The lowest BCUT2D eigenvalue weighted by atomic mass is 9.99. The van der Waals surface area contributed by atoms with Crippen LogP contribution < -0.4 is 9.84 Å². The normalized spacial score (nSPS) is 9.94. The Balaban J connectivity index is 2.58. The Hall–Kier alpha value is -2.29. The van der Waals surface area contributed by atoms with Crippen LogP contribution in [0.15, 0.2) is 48.5 Å². The van der Waals surface area contributed by atoms with Crippen molar-refractivity contribution in [3.63, 3.8) is 0 Å². The summed E-state index contributed by atoms with van der Waals surface area (Å²) < 4.78 is 5.00. The van der Waals surface area contributed by atoms with Crippen molar-refractivity contribution in [2.24, 2.45) is 0 Å². The molecule has 0 amide bonds. The molecule has 2 rings (SSSR count). The molecule has 0 saturated heterocycles. The van der Waals surface area contributed by atoms with Crippen LogP contribution in [0.4, 0.5) is 0 Å². The van der Waals surface area contributed by atoms with E-state index in [9.17, 15) is 9.90 Å². The standard InChI is InChI=1S/C14H12O3/c1-17-11-7-8-12(13(9-11)14(15)16)10-5-3-2-4-6-10/h2-9H,1H3,(H,15,16)/p-1. The molecule has 0 atom stereocenters. The van der Waals surface area contributed by atoms with Crippen LogP contribution in [0.1, 0.15) is 10.4 Å². The van der Waals surface area contributed by atoms with E-state index in [0.29, 0.717) is 11.3 Å². The number of carbonyl (C=O) groups is 1. The molecule has 0 heterocycles. The van der Waals surface area contributed by atoms with Crippen LogP contribution in [-0.4, -0.2) is 13.1 Å². The van der Waals surface area contributed by atoms with Gasteiger partial charge in [-0.2, -0.15) is 0 Å². The molecule has 0 aromatic heterocycles. The van der Waals surface area contributed by atoms with Crippen LogP contribution in [0.2, 0.25) is 0 Å². The van der Waals surface area contributed by atoms with Crippen LogP contribution in [0, 0.1) is 0 Å². The number of carbonyl (C=O) groups excluding carboxylic acids is 1. The van der Waals surface area contributed by atoms with Gasteiger partial charge in [0.1, 0.15) is 5.75 Å². The minimum Gasteiger partial charge on any atom is -0.545 e. The molecule has 0 unspecified atom stereocenters. The van der Waals surface area contributed by atoms with E-state index in [2.05, 4.69) is 0 Å². The Morgan fingerprint density at radius 1 is 1.12 bits per heavy atom. The Labute approximate surface area is 99.3 Å². The molecular formula is C14H11O3-. The van der Waals surface area contributed by atoms with E-state index in [4.69, 9.17) is 4.74 Å². The maximum Gasteiger partial charge on any atom is 0.119 e.